The van der Waals surface area contributed by atoms with Gasteiger partial charge in [-0.1, -0.05) is 11.6 Å². The molecule has 3 nitrogen and oxygen atoms in total. The van der Waals surface area contributed by atoms with Gasteiger partial charge in [-0.15, -0.1) is 11.8 Å². The van der Waals surface area contributed by atoms with Gasteiger partial charge in [0.1, 0.15) is 0 Å². The number of thioether (sulfide) groups is 1. The fraction of sp³-hybridized carbons (Fsp3) is 0.333. The van der Waals surface area contributed by atoms with Crippen LogP contribution in [0, 0.1) is 11.3 Å². The zero-order valence-corrected chi connectivity index (χ0v) is 10.6. The zero-order valence-electron chi connectivity index (χ0n) is 9.07. The van der Waals surface area contributed by atoms with Crippen molar-refractivity contribution in [1.29, 1.82) is 5.26 Å². The van der Waals surface area contributed by atoms with Crippen molar-refractivity contribution in [2.75, 3.05) is 5.75 Å². The lowest BCUT2D eigenvalue weighted by molar-refractivity contribution is -0.118. The molecule has 0 aliphatic heterocycles. The average Bonchev–Trinajstić information content (AvgIpc) is 3.11. The van der Waals surface area contributed by atoms with Gasteiger partial charge in [-0.2, -0.15) is 5.26 Å². The molecule has 0 saturated heterocycles. The highest BCUT2D eigenvalue weighted by atomic mass is 35.5. The third-order valence-corrected chi connectivity index (χ3v) is 3.86. The summed E-state index contributed by atoms with van der Waals surface area (Å²) in [7, 11) is 0. The van der Waals surface area contributed by atoms with Crippen LogP contribution in [0.15, 0.2) is 23.1 Å². The van der Waals surface area contributed by atoms with Gasteiger partial charge >= 0.3 is 0 Å². The summed E-state index contributed by atoms with van der Waals surface area (Å²) in [5.41, 5.74) is 0.529. The first-order valence-corrected chi connectivity index (χ1v) is 6.67. The van der Waals surface area contributed by atoms with Crippen LogP contribution in [0.25, 0.3) is 0 Å². The van der Waals surface area contributed by atoms with Crippen LogP contribution >= 0.6 is 23.4 Å². The van der Waals surface area contributed by atoms with E-state index in [0.717, 1.165) is 17.7 Å². The van der Waals surface area contributed by atoms with E-state index in [1.54, 1.807) is 18.2 Å². The van der Waals surface area contributed by atoms with Crippen molar-refractivity contribution < 1.29 is 4.79 Å². The van der Waals surface area contributed by atoms with Crippen molar-refractivity contribution in [3.63, 3.8) is 0 Å². The molecule has 0 atom stereocenters. The number of rotatable bonds is 4. The van der Waals surface area contributed by atoms with Crippen LogP contribution < -0.4 is 5.32 Å². The van der Waals surface area contributed by atoms with Gasteiger partial charge in [0.2, 0.25) is 5.91 Å². The molecule has 1 aliphatic rings. The monoisotopic (exact) mass is 266 g/mol. The molecule has 0 unspecified atom stereocenters. The first-order chi connectivity index (χ1) is 8.19. The number of carbonyl (C=O) groups excluding carboxylic acids is 1. The molecule has 1 aromatic rings. The molecule has 0 aromatic heterocycles. The minimum absolute atomic E-state index is 0.0397. The van der Waals surface area contributed by atoms with Gasteiger partial charge in [0.15, 0.2) is 0 Å². The summed E-state index contributed by atoms with van der Waals surface area (Å²) in [5, 5.41) is 12.1. The van der Waals surface area contributed by atoms with Crippen LogP contribution in [-0.4, -0.2) is 17.7 Å². The van der Waals surface area contributed by atoms with Crippen molar-refractivity contribution in [2.45, 2.75) is 23.8 Å². The number of nitrogens with zero attached hydrogens (tertiary/aromatic N) is 1. The normalized spacial score (nSPS) is 14.1. The molecule has 1 fully saturated rings. The second-order valence-electron chi connectivity index (χ2n) is 3.89. The largest absolute Gasteiger partial charge is 0.353 e. The van der Waals surface area contributed by atoms with Gasteiger partial charge < -0.3 is 5.32 Å². The minimum atomic E-state index is 0.0397. The van der Waals surface area contributed by atoms with Gasteiger partial charge in [-0.05, 0) is 31.0 Å². The van der Waals surface area contributed by atoms with E-state index < -0.39 is 0 Å². The first-order valence-electron chi connectivity index (χ1n) is 5.31. The van der Waals surface area contributed by atoms with E-state index in [-0.39, 0.29) is 5.91 Å². The quantitative estimate of drug-likeness (QED) is 0.853. The van der Waals surface area contributed by atoms with Crippen LogP contribution in [0.4, 0.5) is 0 Å². The maximum absolute atomic E-state index is 11.5. The highest BCUT2D eigenvalue weighted by Gasteiger charge is 2.23. The van der Waals surface area contributed by atoms with Crippen molar-refractivity contribution in [3.8, 4) is 6.07 Å². The highest BCUT2D eigenvalue weighted by Crippen LogP contribution is 2.28. The molecule has 1 aromatic carbocycles. The molecule has 5 heteroatoms. The van der Waals surface area contributed by atoms with E-state index >= 15 is 0 Å². The molecule has 1 aliphatic carbocycles. The van der Waals surface area contributed by atoms with Crippen LogP contribution in [0.3, 0.4) is 0 Å². The third-order valence-electron chi connectivity index (χ3n) is 2.36. The predicted octanol–water partition coefficient (Wildman–Crippen LogP) is 2.58. The fourth-order valence-electron chi connectivity index (χ4n) is 1.33. The van der Waals surface area contributed by atoms with Crippen LogP contribution in [-0.2, 0) is 4.79 Å². The number of halogens is 1. The molecule has 0 bridgehead atoms. The van der Waals surface area contributed by atoms with Gasteiger partial charge in [-0.3, -0.25) is 4.79 Å². The Balaban J connectivity index is 1.89. The molecule has 0 spiro atoms. The predicted molar refractivity (Wildman–Crippen MR) is 68.1 cm³/mol. The number of benzene rings is 1. The Bertz CT molecular complexity index is 480. The Kier molecular flexibility index (Phi) is 3.93. The van der Waals surface area contributed by atoms with E-state index in [2.05, 4.69) is 5.32 Å². The molecule has 17 heavy (non-hydrogen) atoms. The fourth-order valence-corrected chi connectivity index (χ4v) is 2.40. The van der Waals surface area contributed by atoms with Crippen LogP contribution in [0.1, 0.15) is 18.4 Å². The Hall–Kier alpha value is -1.18. The summed E-state index contributed by atoms with van der Waals surface area (Å²) >= 11 is 7.40. The molecule has 2 rings (SSSR count). The zero-order chi connectivity index (χ0) is 12.3. The number of nitriles is 1. The maximum Gasteiger partial charge on any atom is 0.230 e. The van der Waals surface area contributed by atoms with E-state index in [0.29, 0.717) is 22.4 Å². The van der Waals surface area contributed by atoms with Crippen molar-refractivity contribution in [2.24, 2.45) is 0 Å². The number of carbonyl (C=O) groups is 1. The van der Waals surface area contributed by atoms with Crippen LogP contribution in [0.5, 0.6) is 0 Å². The average molecular weight is 267 g/mol. The summed E-state index contributed by atoms with van der Waals surface area (Å²) in [6, 6.07) is 7.50. The summed E-state index contributed by atoms with van der Waals surface area (Å²) < 4.78 is 0. The second-order valence-corrected chi connectivity index (χ2v) is 5.31. The van der Waals surface area contributed by atoms with Gasteiger partial charge in [0, 0.05) is 10.9 Å². The summed E-state index contributed by atoms with van der Waals surface area (Å²) in [6.45, 7) is 0. The van der Waals surface area contributed by atoms with Crippen molar-refractivity contribution in [1.82, 2.24) is 5.32 Å². The number of amides is 1. The Morgan fingerprint density at radius 2 is 2.35 bits per heavy atom. The second kappa shape index (κ2) is 5.44. The molecule has 0 radical (unpaired) electrons. The number of nitrogens with one attached hydrogen (secondary N) is 1. The molecule has 1 amide bonds. The maximum atomic E-state index is 11.5. The van der Waals surface area contributed by atoms with Crippen molar-refractivity contribution >= 4 is 29.3 Å². The number of hydrogen-bond donors (Lipinski definition) is 1. The van der Waals surface area contributed by atoms with E-state index in [1.807, 2.05) is 6.07 Å². The highest BCUT2D eigenvalue weighted by molar-refractivity contribution is 8.00. The molecule has 88 valence electrons. The molecule has 1 N–H and O–H groups in total. The molecule has 1 saturated carbocycles. The SMILES string of the molecule is N#Cc1ccc(SCC(=O)NC2CC2)c(Cl)c1. The third kappa shape index (κ3) is 3.65. The van der Waals surface area contributed by atoms with Gasteiger partial charge in [0.05, 0.1) is 22.4 Å². The lowest BCUT2D eigenvalue weighted by Gasteiger charge is -2.05. The summed E-state index contributed by atoms with van der Waals surface area (Å²) in [6.07, 6.45) is 2.18. The van der Waals surface area contributed by atoms with E-state index in [9.17, 15) is 4.79 Å². The van der Waals surface area contributed by atoms with E-state index in [1.165, 1.54) is 11.8 Å². The standard InChI is InChI=1S/C12H11ClN2OS/c13-10-5-8(6-14)1-4-11(10)17-7-12(16)15-9-2-3-9/h1,4-5,9H,2-3,7H2,(H,15,16). The lowest BCUT2D eigenvalue weighted by atomic mass is 10.2. The van der Waals surface area contributed by atoms with Crippen LogP contribution in [0.2, 0.25) is 5.02 Å². The molecular weight excluding hydrogens is 256 g/mol. The Labute approximate surface area is 109 Å². The smallest absolute Gasteiger partial charge is 0.230 e. The van der Waals surface area contributed by atoms with E-state index in [4.69, 9.17) is 16.9 Å². The lowest BCUT2D eigenvalue weighted by Crippen LogP contribution is -2.26. The van der Waals surface area contributed by atoms with Crippen molar-refractivity contribution in [3.05, 3.63) is 28.8 Å². The topological polar surface area (TPSA) is 52.9 Å². The van der Waals surface area contributed by atoms with Gasteiger partial charge in [0.25, 0.3) is 0 Å². The molecular formula is C12H11ClN2OS. The summed E-state index contributed by atoms with van der Waals surface area (Å²) in [5.74, 6) is 0.403. The van der Waals surface area contributed by atoms with Gasteiger partial charge in [-0.25, -0.2) is 0 Å². The Morgan fingerprint density at radius 3 is 2.94 bits per heavy atom. The summed E-state index contributed by atoms with van der Waals surface area (Å²) in [4.78, 5) is 12.3. The minimum Gasteiger partial charge on any atom is -0.353 e. The Morgan fingerprint density at radius 1 is 1.59 bits per heavy atom. The number of hydrogen-bond acceptors (Lipinski definition) is 3. The first kappa shape index (κ1) is 12.3. The molecule has 0 heterocycles.